The third kappa shape index (κ3) is 3.32. The molecule has 28 heavy (non-hydrogen) atoms. The molecule has 0 atom stereocenters. The minimum absolute atomic E-state index is 0.0992. The molecule has 0 aliphatic heterocycles. The number of nitrogens with two attached hydrogens (primary N) is 1. The molecule has 0 spiro atoms. The highest BCUT2D eigenvalue weighted by Gasteiger charge is 2.29. The largest absolute Gasteiger partial charge is 0.399 e. The van der Waals surface area contributed by atoms with Gasteiger partial charge in [0.1, 0.15) is 5.69 Å². The van der Waals surface area contributed by atoms with Crippen LogP contribution in [-0.4, -0.2) is 23.4 Å². The van der Waals surface area contributed by atoms with Gasteiger partial charge in [0.2, 0.25) is 14.9 Å². The number of hydrogen-bond donors (Lipinski definition) is 1. The summed E-state index contributed by atoms with van der Waals surface area (Å²) in [5.41, 5.74) is 8.13. The highest BCUT2D eigenvalue weighted by molar-refractivity contribution is 9.10. The monoisotopic (exact) mass is 454 g/mol. The molecule has 0 fully saturated rings. The van der Waals surface area contributed by atoms with Crippen LogP contribution in [0.2, 0.25) is 0 Å². The zero-order chi connectivity index (χ0) is 19.7. The van der Waals surface area contributed by atoms with Gasteiger partial charge < -0.3 is 5.73 Å². The van der Waals surface area contributed by atoms with Gasteiger partial charge in [-0.05, 0) is 48.5 Å². The van der Waals surface area contributed by atoms with Crippen LogP contribution in [-0.2, 0) is 9.84 Å². The number of anilines is 1. The molecular weight excluding hydrogens is 440 g/mol. The van der Waals surface area contributed by atoms with Crippen LogP contribution in [0, 0.1) is 0 Å². The van der Waals surface area contributed by atoms with Gasteiger partial charge in [-0.1, -0.05) is 51.5 Å². The zero-order valence-electron chi connectivity index (χ0n) is 14.5. The summed E-state index contributed by atoms with van der Waals surface area (Å²) in [7, 11) is -3.87. The van der Waals surface area contributed by atoms with E-state index in [1.165, 1.54) is 16.8 Å². The van der Waals surface area contributed by atoms with Crippen molar-refractivity contribution in [1.82, 2.24) is 15.0 Å². The van der Waals surface area contributed by atoms with Crippen LogP contribution in [0.5, 0.6) is 0 Å². The van der Waals surface area contributed by atoms with Crippen molar-refractivity contribution in [3.63, 3.8) is 0 Å². The average molecular weight is 455 g/mol. The first-order valence-electron chi connectivity index (χ1n) is 8.34. The molecule has 0 saturated carbocycles. The predicted molar refractivity (Wildman–Crippen MR) is 111 cm³/mol. The van der Waals surface area contributed by atoms with E-state index >= 15 is 0 Å². The summed E-state index contributed by atoms with van der Waals surface area (Å²) < 4.78 is 28.9. The maximum Gasteiger partial charge on any atom is 0.227 e. The topological polar surface area (TPSA) is 90.9 Å². The van der Waals surface area contributed by atoms with Crippen LogP contribution in [0.15, 0.2) is 93.3 Å². The number of halogens is 1. The first-order valence-corrected chi connectivity index (χ1v) is 10.6. The summed E-state index contributed by atoms with van der Waals surface area (Å²) in [6.07, 6.45) is 0. The fourth-order valence-electron chi connectivity index (χ4n) is 2.81. The lowest BCUT2D eigenvalue weighted by molar-refractivity contribution is 0.592. The zero-order valence-corrected chi connectivity index (χ0v) is 16.9. The highest BCUT2D eigenvalue weighted by Crippen LogP contribution is 2.32. The molecule has 2 N–H and O–H groups in total. The lowest BCUT2D eigenvalue weighted by Crippen LogP contribution is -2.06. The number of benzene rings is 3. The molecule has 8 heteroatoms. The normalized spacial score (nSPS) is 11.5. The van der Waals surface area contributed by atoms with Gasteiger partial charge in [-0.3, -0.25) is 0 Å². The van der Waals surface area contributed by atoms with Gasteiger partial charge in [0.15, 0.2) is 0 Å². The van der Waals surface area contributed by atoms with Crippen molar-refractivity contribution in [1.29, 1.82) is 0 Å². The number of hydrogen-bond acceptors (Lipinski definition) is 5. The fraction of sp³-hybridized carbons (Fsp3) is 0. The van der Waals surface area contributed by atoms with Gasteiger partial charge in [-0.15, -0.1) is 5.10 Å². The summed E-state index contributed by atoms with van der Waals surface area (Å²) in [5, 5.41) is 8.08. The summed E-state index contributed by atoms with van der Waals surface area (Å²) in [4.78, 5) is 0.150. The second kappa shape index (κ2) is 7.21. The summed E-state index contributed by atoms with van der Waals surface area (Å²) in [5.74, 6) is 0. The minimum Gasteiger partial charge on any atom is -0.399 e. The summed E-state index contributed by atoms with van der Waals surface area (Å²) in [6.45, 7) is 0. The molecule has 140 valence electrons. The summed E-state index contributed by atoms with van der Waals surface area (Å²) in [6, 6.07) is 22.6. The van der Waals surface area contributed by atoms with E-state index in [4.69, 9.17) is 5.73 Å². The van der Waals surface area contributed by atoms with Crippen LogP contribution in [0.1, 0.15) is 0 Å². The number of rotatable bonds is 4. The molecule has 4 rings (SSSR count). The van der Waals surface area contributed by atoms with E-state index in [9.17, 15) is 8.42 Å². The molecule has 0 aliphatic rings. The van der Waals surface area contributed by atoms with Crippen LogP contribution < -0.4 is 5.73 Å². The fourth-order valence-corrected chi connectivity index (χ4v) is 4.40. The minimum atomic E-state index is -3.87. The first-order chi connectivity index (χ1) is 13.5. The van der Waals surface area contributed by atoms with E-state index in [1.54, 1.807) is 36.4 Å². The van der Waals surface area contributed by atoms with Crippen molar-refractivity contribution in [2.45, 2.75) is 9.92 Å². The molecule has 0 saturated heterocycles. The van der Waals surface area contributed by atoms with Gasteiger partial charge in [0.05, 0.1) is 10.6 Å². The Kier molecular flexibility index (Phi) is 4.74. The van der Waals surface area contributed by atoms with Gasteiger partial charge in [0.25, 0.3) is 0 Å². The van der Waals surface area contributed by atoms with E-state index in [0.29, 0.717) is 22.6 Å². The van der Waals surface area contributed by atoms with Crippen LogP contribution in [0.4, 0.5) is 5.69 Å². The molecular formula is C20H15BrN4O2S. The van der Waals surface area contributed by atoms with Crippen molar-refractivity contribution in [2.24, 2.45) is 0 Å². The third-order valence-electron chi connectivity index (χ3n) is 4.20. The Bertz CT molecular complexity index is 1220. The average Bonchev–Trinajstić information content (AvgIpc) is 3.15. The number of nitrogen functional groups attached to an aromatic ring is 1. The second-order valence-electron chi connectivity index (χ2n) is 6.07. The molecule has 1 heterocycles. The predicted octanol–water partition coefficient (Wildman–Crippen LogP) is 4.11. The molecule has 1 aromatic heterocycles. The van der Waals surface area contributed by atoms with Gasteiger partial charge in [-0.2, -0.15) is 0 Å². The SMILES string of the molecule is Nc1ccc(-n2nnc(S(=O)(=O)c3ccc(Br)cc3)c2-c2ccccc2)cc1. The van der Waals surface area contributed by atoms with E-state index in [0.717, 1.165) is 4.47 Å². The van der Waals surface area contributed by atoms with Crippen molar-refractivity contribution in [2.75, 3.05) is 5.73 Å². The van der Waals surface area contributed by atoms with E-state index in [2.05, 4.69) is 26.2 Å². The van der Waals surface area contributed by atoms with E-state index in [1.807, 2.05) is 30.3 Å². The second-order valence-corrected chi connectivity index (χ2v) is 8.85. The Morgan fingerprint density at radius 2 is 1.50 bits per heavy atom. The molecule has 0 bridgehead atoms. The standard InChI is InChI=1S/C20H15BrN4O2S/c21-15-6-12-18(13-7-15)28(26,27)20-19(14-4-2-1-3-5-14)25(24-23-20)17-10-8-16(22)9-11-17/h1-13H,22H2. The van der Waals surface area contributed by atoms with Crippen molar-refractivity contribution >= 4 is 31.5 Å². The Balaban J connectivity index is 1.96. The Hall–Kier alpha value is -2.97. The molecule has 4 aromatic rings. The Labute approximate surface area is 170 Å². The van der Waals surface area contributed by atoms with Crippen molar-refractivity contribution in [3.8, 4) is 16.9 Å². The Morgan fingerprint density at radius 1 is 0.857 bits per heavy atom. The maximum absolute atomic E-state index is 13.3. The van der Waals surface area contributed by atoms with Crippen molar-refractivity contribution in [3.05, 3.63) is 83.3 Å². The molecule has 0 radical (unpaired) electrons. The molecule has 0 unspecified atom stereocenters. The van der Waals surface area contributed by atoms with Gasteiger partial charge in [-0.25, -0.2) is 13.1 Å². The maximum atomic E-state index is 13.3. The number of sulfone groups is 1. The van der Waals surface area contributed by atoms with Crippen LogP contribution in [0.25, 0.3) is 16.9 Å². The molecule has 6 nitrogen and oxygen atoms in total. The smallest absolute Gasteiger partial charge is 0.227 e. The Morgan fingerprint density at radius 3 is 2.14 bits per heavy atom. The third-order valence-corrected chi connectivity index (χ3v) is 6.41. The van der Waals surface area contributed by atoms with E-state index in [-0.39, 0.29) is 9.92 Å². The molecule has 0 amide bonds. The number of nitrogens with zero attached hydrogens (tertiary/aromatic N) is 3. The molecule has 3 aromatic carbocycles. The van der Waals surface area contributed by atoms with Gasteiger partial charge >= 0.3 is 0 Å². The number of aromatic nitrogens is 3. The molecule has 0 aliphatic carbocycles. The highest BCUT2D eigenvalue weighted by atomic mass is 79.9. The lowest BCUT2D eigenvalue weighted by Gasteiger charge is -2.09. The van der Waals surface area contributed by atoms with Crippen LogP contribution in [0.3, 0.4) is 0 Å². The quantitative estimate of drug-likeness (QED) is 0.468. The van der Waals surface area contributed by atoms with Crippen molar-refractivity contribution < 1.29 is 8.42 Å². The summed E-state index contributed by atoms with van der Waals surface area (Å²) >= 11 is 3.32. The van der Waals surface area contributed by atoms with E-state index < -0.39 is 9.84 Å². The van der Waals surface area contributed by atoms with Gasteiger partial charge in [0, 0.05) is 15.7 Å². The first kappa shape index (κ1) is 18.4. The lowest BCUT2D eigenvalue weighted by atomic mass is 10.1. The van der Waals surface area contributed by atoms with Crippen LogP contribution >= 0.6 is 15.9 Å².